The van der Waals surface area contributed by atoms with Gasteiger partial charge in [-0.25, -0.2) is 13.6 Å². The van der Waals surface area contributed by atoms with Crippen molar-refractivity contribution < 1.29 is 27.9 Å². The maximum atomic E-state index is 13.5. The Morgan fingerprint density at radius 3 is 2.52 bits per heavy atom. The van der Waals surface area contributed by atoms with E-state index < -0.39 is 23.6 Å². The first-order valence-corrected chi connectivity index (χ1v) is 8.76. The van der Waals surface area contributed by atoms with E-state index >= 15 is 0 Å². The summed E-state index contributed by atoms with van der Waals surface area (Å²) in [6.07, 6.45) is 0.885. The SMILES string of the molecule is COC(=O)N1CCCN(C(=O)CCCNC(=O)c2ccc(F)cc2F)CC1. The van der Waals surface area contributed by atoms with Crippen molar-refractivity contribution in [3.63, 3.8) is 0 Å². The minimum Gasteiger partial charge on any atom is -0.453 e. The molecule has 27 heavy (non-hydrogen) atoms. The molecule has 1 fully saturated rings. The molecule has 1 aromatic carbocycles. The molecule has 2 rings (SSSR count). The Morgan fingerprint density at radius 2 is 1.81 bits per heavy atom. The van der Waals surface area contributed by atoms with Gasteiger partial charge in [0.1, 0.15) is 11.6 Å². The van der Waals surface area contributed by atoms with E-state index in [2.05, 4.69) is 5.32 Å². The van der Waals surface area contributed by atoms with E-state index in [1.807, 2.05) is 0 Å². The molecule has 1 N–H and O–H groups in total. The van der Waals surface area contributed by atoms with Gasteiger partial charge >= 0.3 is 6.09 Å². The summed E-state index contributed by atoms with van der Waals surface area (Å²) in [5, 5.41) is 2.52. The fourth-order valence-corrected chi connectivity index (χ4v) is 2.85. The molecule has 0 bridgehead atoms. The fraction of sp³-hybridized carbons (Fsp3) is 0.500. The molecule has 148 valence electrons. The summed E-state index contributed by atoms with van der Waals surface area (Å²) >= 11 is 0. The molecule has 0 radical (unpaired) electrons. The number of carbonyl (C=O) groups excluding carboxylic acids is 3. The predicted molar refractivity (Wildman–Crippen MR) is 93.1 cm³/mol. The molecule has 0 spiro atoms. The molecular formula is C18H23F2N3O4. The van der Waals surface area contributed by atoms with Gasteiger partial charge in [-0.3, -0.25) is 9.59 Å². The number of nitrogens with one attached hydrogen (secondary N) is 1. The van der Waals surface area contributed by atoms with Gasteiger partial charge in [-0.2, -0.15) is 0 Å². The zero-order chi connectivity index (χ0) is 19.8. The van der Waals surface area contributed by atoms with E-state index in [0.29, 0.717) is 45.1 Å². The van der Waals surface area contributed by atoms with Gasteiger partial charge in [0.2, 0.25) is 5.91 Å². The molecule has 1 saturated heterocycles. The molecule has 1 aliphatic rings. The number of carbonyl (C=O) groups is 3. The van der Waals surface area contributed by atoms with Gasteiger partial charge in [0.15, 0.2) is 0 Å². The number of amides is 3. The van der Waals surface area contributed by atoms with Crippen LogP contribution in [0.2, 0.25) is 0 Å². The summed E-state index contributed by atoms with van der Waals surface area (Å²) in [5.41, 5.74) is -0.238. The third kappa shape index (κ3) is 5.90. The highest BCUT2D eigenvalue weighted by molar-refractivity contribution is 5.94. The molecule has 0 atom stereocenters. The molecule has 1 aliphatic heterocycles. The van der Waals surface area contributed by atoms with Crippen molar-refractivity contribution in [3.05, 3.63) is 35.4 Å². The van der Waals surface area contributed by atoms with Crippen LogP contribution in [0.25, 0.3) is 0 Å². The van der Waals surface area contributed by atoms with Crippen LogP contribution in [0.15, 0.2) is 18.2 Å². The standard InChI is InChI=1S/C18H23F2N3O4/c1-27-18(26)23-9-3-8-22(10-11-23)16(24)4-2-7-21-17(25)14-6-5-13(19)12-15(14)20/h5-6,12H,2-4,7-11H2,1H3,(H,21,25). The summed E-state index contributed by atoms with van der Waals surface area (Å²) in [6, 6.07) is 2.74. The lowest BCUT2D eigenvalue weighted by Crippen LogP contribution is -2.37. The lowest BCUT2D eigenvalue weighted by Gasteiger charge is -2.21. The third-order valence-electron chi connectivity index (χ3n) is 4.31. The first-order chi connectivity index (χ1) is 12.9. The van der Waals surface area contributed by atoms with Crippen LogP contribution in [0.4, 0.5) is 13.6 Å². The number of hydrogen-bond donors (Lipinski definition) is 1. The highest BCUT2D eigenvalue weighted by Gasteiger charge is 2.22. The van der Waals surface area contributed by atoms with E-state index in [1.54, 1.807) is 9.80 Å². The maximum absolute atomic E-state index is 13.5. The van der Waals surface area contributed by atoms with Crippen molar-refractivity contribution in [1.29, 1.82) is 0 Å². The Hall–Kier alpha value is -2.71. The molecule has 9 heteroatoms. The van der Waals surface area contributed by atoms with Crippen molar-refractivity contribution in [2.75, 3.05) is 39.8 Å². The van der Waals surface area contributed by atoms with Gasteiger partial charge < -0.3 is 19.9 Å². The van der Waals surface area contributed by atoms with Gasteiger partial charge in [-0.05, 0) is 25.0 Å². The predicted octanol–water partition coefficient (Wildman–Crippen LogP) is 1.78. The minimum absolute atomic E-state index is 0.0658. The minimum atomic E-state index is -0.927. The summed E-state index contributed by atoms with van der Waals surface area (Å²) < 4.78 is 31.1. The highest BCUT2D eigenvalue weighted by Crippen LogP contribution is 2.10. The van der Waals surface area contributed by atoms with E-state index in [-0.39, 0.29) is 24.4 Å². The maximum Gasteiger partial charge on any atom is 0.409 e. The smallest absolute Gasteiger partial charge is 0.409 e. The van der Waals surface area contributed by atoms with Crippen LogP contribution in [0.3, 0.4) is 0 Å². The van der Waals surface area contributed by atoms with Gasteiger partial charge in [0.25, 0.3) is 5.91 Å². The average Bonchev–Trinajstić information content (AvgIpc) is 2.90. The summed E-state index contributed by atoms with van der Waals surface area (Å²) in [4.78, 5) is 38.9. The first kappa shape index (κ1) is 20.6. The van der Waals surface area contributed by atoms with Gasteiger partial charge in [0.05, 0.1) is 12.7 Å². The Balaban J connectivity index is 1.72. The Bertz CT molecular complexity index is 699. The number of hydrogen-bond acceptors (Lipinski definition) is 4. The van der Waals surface area contributed by atoms with Gasteiger partial charge in [-0.15, -0.1) is 0 Å². The van der Waals surface area contributed by atoms with Crippen LogP contribution in [-0.2, 0) is 9.53 Å². The largest absolute Gasteiger partial charge is 0.453 e. The average molecular weight is 383 g/mol. The molecule has 0 aliphatic carbocycles. The summed E-state index contributed by atoms with van der Waals surface area (Å²) in [6.45, 7) is 2.14. The Kier molecular flexibility index (Phi) is 7.51. The number of methoxy groups -OCH3 is 1. The second-order valence-corrected chi connectivity index (χ2v) is 6.18. The van der Waals surface area contributed by atoms with Gasteiger partial charge in [-0.1, -0.05) is 0 Å². The number of halogens is 2. The number of benzene rings is 1. The van der Waals surface area contributed by atoms with Crippen molar-refractivity contribution in [3.8, 4) is 0 Å². The van der Waals surface area contributed by atoms with Crippen LogP contribution in [0, 0.1) is 11.6 Å². The molecule has 1 aromatic rings. The van der Waals surface area contributed by atoms with E-state index in [4.69, 9.17) is 4.74 Å². The molecule has 3 amide bonds. The molecule has 0 unspecified atom stereocenters. The molecule has 1 heterocycles. The van der Waals surface area contributed by atoms with Crippen LogP contribution >= 0.6 is 0 Å². The summed E-state index contributed by atoms with van der Waals surface area (Å²) in [5.74, 6) is -2.39. The van der Waals surface area contributed by atoms with E-state index in [9.17, 15) is 23.2 Å². The Morgan fingerprint density at radius 1 is 1.11 bits per heavy atom. The zero-order valence-electron chi connectivity index (χ0n) is 15.2. The monoisotopic (exact) mass is 383 g/mol. The number of ether oxygens (including phenoxy) is 1. The lowest BCUT2D eigenvalue weighted by molar-refractivity contribution is -0.131. The van der Waals surface area contributed by atoms with Crippen LogP contribution < -0.4 is 5.32 Å². The van der Waals surface area contributed by atoms with Crippen molar-refractivity contribution in [2.24, 2.45) is 0 Å². The molecule has 0 saturated carbocycles. The molecule has 0 aromatic heterocycles. The summed E-state index contributed by atoms with van der Waals surface area (Å²) in [7, 11) is 1.32. The van der Waals surface area contributed by atoms with Crippen LogP contribution in [0.5, 0.6) is 0 Å². The molecular weight excluding hydrogens is 360 g/mol. The number of rotatable bonds is 5. The lowest BCUT2D eigenvalue weighted by atomic mass is 10.2. The van der Waals surface area contributed by atoms with Gasteiger partial charge in [0, 0.05) is 45.2 Å². The fourth-order valence-electron chi connectivity index (χ4n) is 2.85. The third-order valence-corrected chi connectivity index (χ3v) is 4.31. The number of nitrogens with zero attached hydrogens (tertiary/aromatic N) is 2. The van der Waals surface area contributed by atoms with Crippen LogP contribution in [-0.4, -0.2) is 67.5 Å². The second kappa shape index (κ2) is 9.84. The highest BCUT2D eigenvalue weighted by atomic mass is 19.1. The quantitative estimate of drug-likeness (QED) is 0.786. The zero-order valence-corrected chi connectivity index (χ0v) is 15.2. The normalized spacial score (nSPS) is 14.5. The van der Waals surface area contributed by atoms with E-state index in [0.717, 1.165) is 12.1 Å². The van der Waals surface area contributed by atoms with Crippen molar-refractivity contribution >= 4 is 17.9 Å². The second-order valence-electron chi connectivity index (χ2n) is 6.18. The van der Waals surface area contributed by atoms with Crippen LogP contribution in [0.1, 0.15) is 29.6 Å². The molecule has 7 nitrogen and oxygen atoms in total. The van der Waals surface area contributed by atoms with Crippen molar-refractivity contribution in [2.45, 2.75) is 19.3 Å². The van der Waals surface area contributed by atoms with E-state index in [1.165, 1.54) is 7.11 Å². The first-order valence-electron chi connectivity index (χ1n) is 8.76. The topological polar surface area (TPSA) is 79.0 Å². The Labute approximate surface area is 156 Å². The van der Waals surface area contributed by atoms with Crippen molar-refractivity contribution in [1.82, 2.24) is 15.1 Å².